The van der Waals surface area contributed by atoms with Crippen LogP contribution >= 0.6 is 11.3 Å². The number of amides is 1. The van der Waals surface area contributed by atoms with Gasteiger partial charge in [0.2, 0.25) is 5.91 Å². The standard InChI is InChI=1S/C28H28N2O2S/c1-4-28(2,3)17-13-14-18-21(16-29)27(33-24(18)15-17)30-26(31)25-19-9-5-7-11-22(19)32-23-12-8-6-10-20(23)25/h5-12,17,25H,4,13-15H2,1-3H3,(H,30,31)/t17-/m0/s1. The van der Waals surface area contributed by atoms with Gasteiger partial charge < -0.3 is 10.1 Å². The minimum atomic E-state index is -0.483. The van der Waals surface area contributed by atoms with Crippen LogP contribution < -0.4 is 10.1 Å². The summed E-state index contributed by atoms with van der Waals surface area (Å²) in [7, 11) is 0. The number of carbonyl (C=O) groups is 1. The average Bonchev–Trinajstić information content (AvgIpc) is 3.18. The van der Waals surface area contributed by atoms with Crippen molar-refractivity contribution in [3.05, 3.63) is 75.7 Å². The van der Waals surface area contributed by atoms with Crippen molar-refractivity contribution in [1.29, 1.82) is 5.26 Å². The van der Waals surface area contributed by atoms with Crippen LogP contribution in [0.1, 0.15) is 66.7 Å². The Hall–Kier alpha value is -3.10. The number of nitrogens with one attached hydrogen (secondary N) is 1. The van der Waals surface area contributed by atoms with Crippen molar-refractivity contribution in [3.8, 4) is 17.6 Å². The summed E-state index contributed by atoms with van der Waals surface area (Å²) in [5.41, 5.74) is 3.74. The van der Waals surface area contributed by atoms with Gasteiger partial charge in [0.05, 0.1) is 11.5 Å². The monoisotopic (exact) mass is 456 g/mol. The maximum absolute atomic E-state index is 13.7. The zero-order valence-corrected chi connectivity index (χ0v) is 20.1. The second-order valence-electron chi connectivity index (χ2n) is 9.70. The van der Waals surface area contributed by atoms with Crippen molar-refractivity contribution in [2.24, 2.45) is 11.3 Å². The SMILES string of the molecule is CCC(C)(C)[C@H]1CCc2c(sc(NC(=O)C3c4ccccc4Oc4ccccc43)c2C#N)C1. The lowest BCUT2D eigenvalue weighted by Crippen LogP contribution is -2.28. The summed E-state index contributed by atoms with van der Waals surface area (Å²) in [4.78, 5) is 14.9. The summed E-state index contributed by atoms with van der Waals surface area (Å²) in [5.74, 6) is 1.39. The first-order valence-electron chi connectivity index (χ1n) is 11.6. The Morgan fingerprint density at radius 3 is 2.39 bits per heavy atom. The van der Waals surface area contributed by atoms with Crippen molar-refractivity contribution in [2.75, 3.05) is 5.32 Å². The Balaban J connectivity index is 1.48. The molecule has 0 saturated carbocycles. The van der Waals surface area contributed by atoms with Gasteiger partial charge in [0.1, 0.15) is 22.6 Å². The van der Waals surface area contributed by atoms with Crippen LogP contribution in [0.4, 0.5) is 5.00 Å². The van der Waals surface area contributed by atoms with Gasteiger partial charge in [0.25, 0.3) is 0 Å². The van der Waals surface area contributed by atoms with Crippen molar-refractivity contribution in [2.45, 2.75) is 52.4 Å². The van der Waals surface area contributed by atoms with E-state index in [9.17, 15) is 10.1 Å². The van der Waals surface area contributed by atoms with E-state index in [4.69, 9.17) is 4.74 Å². The highest BCUT2D eigenvalue weighted by atomic mass is 32.1. The summed E-state index contributed by atoms with van der Waals surface area (Å²) in [6.45, 7) is 6.92. The number of rotatable bonds is 4. The molecule has 3 aromatic rings. The van der Waals surface area contributed by atoms with Gasteiger partial charge in [-0.15, -0.1) is 11.3 Å². The smallest absolute Gasteiger partial charge is 0.237 e. The third kappa shape index (κ3) is 3.73. The zero-order chi connectivity index (χ0) is 23.2. The van der Waals surface area contributed by atoms with E-state index in [2.05, 4.69) is 32.2 Å². The molecule has 2 aromatic carbocycles. The van der Waals surface area contributed by atoms with Gasteiger partial charge >= 0.3 is 0 Å². The van der Waals surface area contributed by atoms with Crippen LogP contribution in [0.2, 0.25) is 0 Å². The van der Waals surface area contributed by atoms with E-state index in [-0.39, 0.29) is 11.3 Å². The molecule has 0 fully saturated rings. The topological polar surface area (TPSA) is 62.1 Å². The highest BCUT2D eigenvalue weighted by molar-refractivity contribution is 7.16. The summed E-state index contributed by atoms with van der Waals surface area (Å²) in [5, 5.41) is 13.8. The minimum absolute atomic E-state index is 0.126. The fraction of sp³-hybridized carbons (Fsp3) is 0.357. The predicted molar refractivity (Wildman–Crippen MR) is 132 cm³/mol. The lowest BCUT2D eigenvalue weighted by atomic mass is 9.69. The highest BCUT2D eigenvalue weighted by Crippen LogP contribution is 2.47. The summed E-state index contributed by atoms with van der Waals surface area (Å²) in [6.07, 6.45) is 4.11. The number of ether oxygens (including phenoxy) is 1. The third-order valence-corrected chi connectivity index (χ3v) is 8.74. The largest absolute Gasteiger partial charge is 0.457 e. The van der Waals surface area contributed by atoms with Crippen molar-refractivity contribution >= 4 is 22.2 Å². The van der Waals surface area contributed by atoms with Crippen LogP contribution in [0.5, 0.6) is 11.5 Å². The Kier molecular flexibility index (Phi) is 5.50. The maximum atomic E-state index is 13.7. The van der Waals surface area contributed by atoms with Crippen molar-refractivity contribution in [1.82, 2.24) is 0 Å². The third-order valence-electron chi connectivity index (χ3n) is 7.57. The van der Waals surface area contributed by atoms with Gasteiger partial charge in [-0.05, 0) is 48.3 Å². The average molecular weight is 457 g/mol. The summed E-state index contributed by atoms with van der Waals surface area (Å²) >= 11 is 1.59. The Labute approximate surface area is 199 Å². The second kappa shape index (κ2) is 8.35. The van der Waals surface area contributed by atoms with Crippen LogP contribution in [-0.2, 0) is 17.6 Å². The van der Waals surface area contributed by atoms with Gasteiger partial charge in [-0.2, -0.15) is 5.26 Å². The van der Waals surface area contributed by atoms with Crippen molar-refractivity contribution in [3.63, 3.8) is 0 Å². The Morgan fingerprint density at radius 2 is 1.79 bits per heavy atom. The number of hydrogen-bond donors (Lipinski definition) is 1. The first-order chi connectivity index (χ1) is 15.9. The minimum Gasteiger partial charge on any atom is -0.457 e. The molecule has 0 saturated heterocycles. The van der Waals surface area contributed by atoms with Crippen LogP contribution in [-0.4, -0.2) is 5.91 Å². The van der Waals surface area contributed by atoms with E-state index in [1.54, 1.807) is 11.3 Å². The van der Waals surface area contributed by atoms with Crippen molar-refractivity contribution < 1.29 is 9.53 Å². The number of para-hydroxylation sites is 2. The van der Waals surface area contributed by atoms with E-state index in [1.807, 2.05) is 48.5 Å². The number of benzene rings is 2. The van der Waals surface area contributed by atoms with E-state index in [0.29, 0.717) is 28.0 Å². The molecule has 1 amide bonds. The van der Waals surface area contributed by atoms with E-state index in [0.717, 1.165) is 42.4 Å². The molecule has 1 aliphatic heterocycles. The van der Waals surface area contributed by atoms with Gasteiger partial charge in [-0.25, -0.2) is 0 Å². The molecular weight excluding hydrogens is 428 g/mol. The second-order valence-corrected chi connectivity index (χ2v) is 10.8. The number of hydrogen-bond acceptors (Lipinski definition) is 4. The number of anilines is 1. The molecule has 1 aromatic heterocycles. The molecule has 5 heteroatoms. The molecule has 0 spiro atoms. The Morgan fingerprint density at radius 1 is 1.15 bits per heavy atom. The van der Waals surface area contributed by atoms with Crippen LogP contribution in [0.3, 0.4) is 0 Å². The molecule has 0 unspecified atom stereocenters. The fourth-order valence-corrected chi connectivity index (χ4v) is 6.41. The number of carbonyl (C=O) groups excluding carboxylic acids is 1. The molecule has 1 N–H and O–H groups in total. The number of thiophene rings is 1. The zero-order valence-electron chi connectivity index (χ0n) is 19.3. The molecule has 2 aliphatic rings. The van der Waals surface area contributed by atoms with E-state index >= 15 is 0 Å². The predicted octanol–water partition coefficient (Wildman–Crippen LogP) is 7.04. The summed E-state index contributed by atoms with van der Waals surface area (Å²) < 4.78 is 6.04. The van der Waals surface area contributed by atoms with Gasteiger partial charge in [-0.1, -0.05) is 63.6 Å². The van der Waals surface area contributed by atoms with Gasteiger partial charge in [-0.3, -0.25) is 4.79 Å². The first-order valence-corrected chi connectivity index (χ1v) is 12.5. The number of nitriles is 1. The normalized spacial score (nSPS) is 17.2. The molecule has 33 heavy (non-hydrogen) atoms. The quantitative estimate of drug-likeness (QED) is 0.458. The molecule has 5 rings (SSSR count). The number of fused-ring (bicyclic) bond motifs is 3. The molecule has 2 heterocycles. The molecule has 168 valence electrons. The lowest BCUT2D eigenvalue weighted by Gasteiger charge is -2.36. The molecule has 0 bridgehead atoms. The maximum Gasteiger partial charge on any atom is 0.237 e. The fourth-order valence-electron chi connectivity index (χ4n) is 5.12. The number of nitrogens with zero attached hydrogens (tertiary/aromatic N) is 1. The summed E-state index contributed by atoms with van der Waals surface area (Å²) in [6, 6.07) is 17.7. The molecular formula is C28H28N2O2S. The van der Waals surface area contributed by atoms with Gasteiger partial charge in [0.15, 0.2) is 0 Å². The molecule has 0 radical (unpaired) electrons. The Bertz CT molecular complexity index is 1220. The molecule has 1 aliphatic carbocycles. The van der Waals surface area contributed by atoms with Crippen LogP contribution in [0, 0.1) is 22.7 Å². The van der Waals surface area contributed by atoms with E-state index < -0.39 is 5.92 Å². The van der Waals surface area contributed by atoms with Gasteiger partial charge in [0, 0.05) is 16.0 Å². The van der Waals surface area contributed by atoms with E-state index in [1.165, 1.54) is 4.88 Å². The van der Waals surface area contributed by atoms with Crippen LogP contribution in [0.25, 0.3) is 0 Å². The first kappa shape index (κ1) is 21.7. The lowest BCUT2D eigenvalue weighted by molar-refractivity contribution is -0.116. The van der Waals surface area contributed by atoms with Crippen LogP contribution in [0.15, 0.2) is 48.5 Å². The molecule has 1 atom stereocenters. The highest BCUT2D eigenvalue weighted by Gasteiger charge is 2.36. The molecule has 4 nitrogen and oxygen atoms in total.